The number of esters is 4. The molecule has 718 valence electrons. The average molecular weight is 1780 g/mol. The zero-order valence-electron chi connectivity index (χ0n) is 79.8. The number of hydrogen-bond donors (Lipinski definition) is 17. The monoisotopic (exact) mass is 1780 g/mol. The molecule has 0 spiro atoms. The van der Waals surface area contributed by atoms with Crippen LogP contribution in [0.1, 0.15) is 292 Å². The summed E-state index contributed by atoms with van der Waals surface area (Å²) in [5.74, 6) is 2.72. The highest BCUT2D eigenvalue weighted by Crippen LogP contribution is 2.47. The Hall–Kier alpha value is -8.81. The summed E-state index contributed by atoms with van der Waals surface area (Å²) in [5.41, 5.74) is 52.7. The lowest BCUT2D eigenvalue weighted by Crippen LogP contribution is -2.40. The number of aliphatic hydroxyl groups excluding tert-OH is 1. The van der Waals surface area contributed by atoms with E-state index in [1.165, 1.54) is 114 Å². The minimum atomic E-state index is -1.18. The fourth-order valence-electron chi connectivity index (χ4n) is 15.6. The number of benzene rings is 4. The molecule has 1 fully saturated rings. The van der Waals surface area contributed by atoms with Gasteiger partial charge < -0.3 is 106 Å². The molecule has 6 unspecified atom stereocenters. The van der Waals surface area contributed by atoms with Crippen LogP contribution in [0.25, 0.3) is 0 Å². The Morgan fingerprint density at radius 2 is 0.835 bits per heavy atom. The van der Waals surface area contributed by atoms with E-state index in [-0.39, 0.29) is 60.5 Å². The molecule has 29 nitrogen and oxygen atoms in total. The maximum Gasteiger partial charge on any atom is 0.330 e. The van der Waals surface area contributed by atoms with Gasteiger partial charge in [-0.1, -0.05) is 206 Å². The fourth-order valence-corrected chi connectivity index (χ4v) is 15.6. The minimum absolute atomic E-state index is 0.118. The van der Waals surface area contributed by atoms with Crippen molar-refractivity contribution in [1.29, 1.82) is 10.8 Å². The van der Waals surface area contributed by atoms with Crippen LogP contribution in [0.4, 0.5) is 0 Å². The van der Waals surface area contributed by atoms with Crippen molar-refractivity contribution in [3.05, 3.63) is 116 Å². The van der Waals surface area contributed by atoms with Crippen molar-refractivity contribution in [3.8, 4) is 23.0 Å². The van der Waals surface area contributed by atoms with Crippen molar-refractivity contribution in [2.24, 2.45) is 81.4 Å². The van der Waals surface area contributed by atoms with Crippen molar-refractivity contribution in [3.63, 3.8) is 0 Å². The highest BCUT2D eigenvalue weighted by molar-refractivity contribution is 5.90. The summed E-state index contributed by atoms with van der Waals surface area (Å²) in [5, 5.41) is 54.3. The maximum atomic E-state index is 13.0. The number of aliphatic hydroxyl groups is 1. The molecule has 0 aliphatic carbocycles. The Kier molecular flexibility index (Phi) is 54.8. The smallest absolute Gasteiger partial charge is 0.330 e. The normalized spacial score (nSPS) is 17.5. The molecular formula is C98H165N13O16. The summed E-state index contributed by atoms with van der Waals surface area (Å²) in [6, 6.07) is 14.5. The summed E-state index contributed by atoms with van der Waals surface area (Å²) in [6.07, 6.45) is 31.8. The first-order valence-electron chi connectivity index (χ1n) is 46.3. The molecule has 25 N–H and O–H groups in total. The van der Waals surface area contributed by atoms with E-state index < -0.39 is 66.7 Å². The lowest BCUT2D eigenvalue weighted by Gasteiger charge is -2.38. The van der Waals surface area contributed by atoms with Crippen molar-refractivity contribution in [2.45, 2.75) is 351 Å². The summed E-state index contributed by atoms with van der Waals surface area (Å²) in [4.78, 5) is 78.2. The quantitative estimate of drug-likeness (QED) is 0.00488. The van der Waals surface area contributed by atoms with E-state index in [0.717, 1.165) is 155 Å². The number of carboxylic acid groups (broad SMARTS) is 3. The van der Waals surface area contributed by atoms with Gasteiger partial charge in [0, 0.05) is 24.2 Å². The van der Waals surface area contributed by atoms with Gasteiger partial charge in [0.25, 0.3) is 0 Å². The third-order valence-corrected chi connectivity index (χ3v) is 24.2. The minimum Gasteiger partial charge on any atom is -0.487 e. The molecule has 0 aromatic heterocycles. The fraction of sp³-hybridized carbons (Fsp3) is 0.663. The number of fused-ring (bicyclic) bond motifs is 2. The number of ether oxygens (including phenoxy) is 5. The van der Waals surface area contributed by atoms with Crippen LogP contribution in [-0.4, -0.2) is 154 Å². The Morgan fingerprint density at radius 3 is 1.16 bits per heavy atom. The molecule has 127 heavy (non-hydrogen) atoms. The molecule has 29 heteroatoms. The van der Waals surface area contributed by atoms with Gasteiger partial charge in [0.15, 0.2) is 11.9 Å². The van der Waals surface area contributed by atoms with Gasteiger partial charge in [-0.05, 0) is 245 Å². The Morgan fingerprint density at radius 1 is 0.480 bits per heavy atom. The molecule has 12 atom stereocenters. The molecule has 1 saturated heterocycles. The van der Waals surface area contributed by atoms with Crippen LogP contribution in [0, 0.1) is 87.9 Å². The second-order valence-corrected chi connectivity index (χ2v) is 36.9. The van der Waals surface area contributed by atoms with Crippen molar-refractivity contribution < 1.29 is 77.7 Å². The van der Waals surface area contributed by atoms with Crippen LogP contribution in [0.5, 0.6) is 23.0 Å². The molecule has 4 aromatic rings. The number of nitrogens with two attached hydrogens (primary N) is 8. The third kappa shape index (κ3) is 45.8. The largest absolute Gasteiger partial charge is 0.487 e. The van der Waals surface area contributed by atoms with Gasteiger partial charge in [-0.3, -0.25) is 25.2 Å². The van der Waals surface area contributed by atoms with Gasteiger partial charge >= 0.3 is 41.8 Å². The van der Waals surface area contributed by atoms with Crippen LogP contribution in [0.2, 0.25) is 0 Å². The molecule has 3 aliphatic rings. The number of carboxylic acids is 3. The standard InChI is InChI=1S/C38H59NO3.C34H57NO3.C12H26N8O3.C9H11NO2.C3H7NO3.C2H5NO2/c1-26(2)15-12-16-27(3)17-13-18-28(4)19-14-23-38(8)24-22-33-31(7)35(29(5)30(6)36(33)42-38)41-37(40)34(39)25-32-20-10-9-11-21-32;1-23(2)13-9-14-24(3)15-10-16-25(4)17-11-20-34(8)21-19-29-28(7)31(26(5)27(6)32(29)38-34)37-33(36)30-18-12-22-35-30;13-7(3-1-5-19-11(15)16)9(21)23-10(22)8(14)4-2-6-20-12(17)18;10-8(9(11)12)6-7-4-2-1-3-5-7;4-2(1-5)3(6)7;3-1-2(4)5/h9-11,20-21,26-28,34H,12-19,22-25,39H2,1-8H3;23-25,30,35H,9-22H2,1-8H3;7-8H,1-6,13-14H2,(H4,15,16,19)(H4,17,18,20);1-5,8H,6,10H2,(H,11,12);2,5H,1,4H2,(H,6,7);1,3H2,(H,4,5)/t27?,28?,34-,38?;24?,25?,30-,34?;7-,8-;8-;2-;/m00000./s1. The van der Waals surface area contributed by atoms with E-state index in [4.69, 9.17) is 90.3 Å². The zero-order valence-corrected chi connectivity index (χ0v) is 79.8. The number of carbonyl (C=O) groups is 7. The zero-order chi connectivity index (χ0) is 95.7. The van der Waals surface area contributed by atoms with Crippen LogP contribution >= 0.6 is 0 Å². The van der Waals surface area contributed by atoms with Crippen molar-refractivity contribution in [1.82, 2.24) is 16.0 Å². The van der Waals surface area contributed by atoms with Crippen LogP contribution in [0.3, 0.4) is 0 Å². The summed E-state index contributed by atoms with van der Waals surface area (Å²) < 4.78 is 30.1. The Labute approximate surface area is 758 Å². The highest BCUT2D eigenvalue weighted by Gasteiger charge is 2.38. The van der Waals surface area contributed by atoms with E-state index in [2.05, 4.69) is 130 Å². The van der Waals surface area contributed by atoms with Crippen LogP contribution in [-0.2, 0) is 64.0 Å². The molecule has 0 radical (unpaired) electrons. The predicted molar refractivity (Wildman–Crippen MR) is 506 cm³/mol. The highest BCUT2D eigenvalue weighted by atomic mass is 16.6. The van der Waals surface area contributed by atoms with E-state index in [0.29, 0.717) is 44.5 Å². The number of guanidine groups is 2. The second kappa shape index (κ2) is 60.9. The number of carbonyl (C=O) groups excluding carboxylic acids is 4. The SMILES string of the molecule is Cc1c(C)c2c(c(C)c1OC(=O)[C@@H](N)Cc1ccccc1)CCC(C)(CCCC(C)CCCC(C)CCCC(C)C)O2.Cc1c(C)c2c(c(C)c1OC(=O)[C@@H]1CCCN1)CCC(C)(CCCC(C)CCCC(C)CCCC(C)C)O2.N=C(N)NCCC[C@H](N)C(=O)OC(=O)[C@@H](N)CCCNC(=N)N.NCC(=O)O.N[C@@H](CO)C(=O)O.N[C@@H](Cc1ccccc1)C(=O)O. The number of rotatable bonds is 46. The van der Waals surface area contributed by atoms with E-state index in [9.17, 15) is 33.6 Å². The molecule has 4 aromatic carbocycles. The Balaban J connectivity index is 0.000000583. The molecule has 0 saturated carbocycles. The first-order chi connectivity index (χ1) is 59.8. The molecule has 0 bridgehead atoms. The van der Waals surface area contributed by atoms with Gasteiger partial charge in [0.2, 0.25) is 0 Å². The number of nitrogens with one attached hydrogen (secondary N) is 5. The number of aliphatic carboxylic acids is 3. The number of hydrogen-bond acceptors (Lipinski definition) is 22. The van der Waals surface area contributed by atoms with Gasteiger partial charge in [-0.2, -0.15) is 0 Å². The first kappa shape index (κ1) is 114. The van der Waals surface area contributed by atoms with E-state index in [1.54, 1.807) is 0 Å². The predicted octanol–water partition coefficient (Wildman–Crippen LogP) is 13.7. The van der Waals surface area contributed by atoms with E-state index in [1.807, 2.05) is 67.6 Å². The van der Waals surface area contributed by atoms with Crippen LogP contribution in [0.15, 0.2) is 60.7 Å². The third-order valence-electron chi connectivity index (χ3n) is 24.2. The topological polar surface area (TPSA) is 539 Å². The second-order valence-electron chi connectivity index (χ2n) is 36.9. The maximum absolute atomic E-state index is 13.0. The average Bonchev–Trinajstić information content (AvgIpc) is 0.967. The van der Waals surface area contributed by atoms with E-state index >= 15 is 0 Å². The lowest BCUT2D eigenvalue weighted by atomic mass is 9.83. The molecule has 3 aliphatic heterocycles. The van der Waals surface area contributed by atoms with Crippen LogP contribution < -0.4 is 80.8 Å². The summed E-state index contributed by atoms with van der Waals surface area (Å²) in [6.45, 7) is 37.0. The first-order valence-corrected chi connectivity index (χ1v) is 46.3. The summed E-state index contributed by atoms with van der Waals surface area (Å²) in [7, 11) is 0. The van der Waals surface area contributed by atoms with Crippen molar-refractivity contribution in [2.75, 3.05) is 32.8 Å². The van der Waals surface area contributed by atoms with Gasteiger partial charge in [0.1, 0.15) is 70.5 Å². The molecule has 7 rings (SSSR count). The van der Waals surface area contributed by atoms with Crippen molar-refractivity contribution >= 4 is 53.7 Å². The Bertz CT molecular complexity index is 3920. The van der Waals surface area contributed by atoms with Gasteiger partial charge in [-0.25, -0.2) is 19.2 Å². The lowest BCUT2D eigenvalue weighted by molar-refractivity contribution is -0.162. The van der Waals surface area contributed by atoms with Gasteiger partial charge in [0.05, 0.1) is 13.2 Å². The molecule has 3 heterocycles. The van der Waals surface area contributed by atoms with Gasteiger partial charge in [-0.15, -0.1) is 0 Å². The molecule has 0 amide bonds. The molecular weight excluding hydrogens is 1620 g/mol. The summed E-state index contributed by atoms with van der Waals surface area (Å²) >= 11 is 0.